The third kappa shape index (κ3) is 1.94. The molecule has 0 aliphatic heterocycles. The number of rotatable bonds is 3. The van der Waals surface area contributed by atoms with Gasteiger partial charge in [-0.1, -0.05) is 37.1 Å². The Morgan fingerprint density at radius 3 is 2.75 bits per heavy atom. The predicted octanol–water partition coefficient (Wildman–Crippen LogP) is 2.76. The molecule has 0 spiro atoms. The van der Waals surface area contributed by atoms with Crippen LogP contribution >= 0.6 is 0 Å². The number of hydrogen-bond acceptors (Lipinski definition) is 1. The molecule has 0 saturated heterocycles. The van der Waals surface area contributed by atoms with Crippen LogP contribution in [0, 0.1) is 6.92 Å². The van der Waals surface area contributed by atoms with E-state index in [9.17, 15) is 4.79 Å². The maximum absolute atomic E-state index is 10.6. The number of hydrogen-bond donors (Lipinski definition) is 0. The van der Waals surface area contributed by atoms with Gasteiger partial charge in [-0.3, -0.25) is 4.79 Å². The lowest BCUT2D eigenvalue weighted by Gasteiger charge is -2.03. The first-order chi connectivity index (χ1) is 5.77. The summed E-state index contributed by atoms with van der Waals surface area (Å²) in [6, 6.07) is 5.96. The van der Waals surface area contributed by atoms with Crippen LogP contribution in [0.25, 0.3) is 0 Å². The molecule has 1 aromatic carbocycles. The van der Waals surface area contributed by atoms with Crippen molar-refractivity contribution in [3.8, 4) is 0 Å². The van der Waals surface area contributed by atoms with E-state index in [2.05, 4.69) is 13.0 Å². The highest BCUT2D eigenvalue weighted by atomic mass is 16.1. The first kappa shape index (κ1) is 8.98. The van der Waals surface area contributed by atoms with Crippen LogP contribution in [-0.4, -0.2) is 6.29 Å². The number of carbonyl (C=O) groups excluding carboxylic acids is 1. The largest absolute Gasteiger partial charge is 0.298 e. The van der Waals surface area contributed by atoms with Gasteiger partial charge in [-0.2, -0.15) is 0 Å². The quantitative estimate of drug-likeness (QED) is 0.624. The van der Waals surface area contributed by atoms with Crippen molar-refractivity contribution in [2.24, 2.45) is 0 Å². The van der Waals surface area contributed by atoms with E-state index in [-0.39, 0.29) is 0 Å². The van der Waals surface area contributed by atoms with E-state index < -0.39 is 0 Å². The molecule has 0 atom stereocenters. The zero-order valence-electron chi connectivity index (χ0n) is 7.63. The molecule has 1 nitrogen and oxygen atoms in total. The number of benzene rings is 1. The molecule has 0 radical (unpaired) electrons. The van der Waals surface area contributed by atoms with E-state index in [0.29, 0.717) is 0 Å². The summed E-state index contributed by atoms with van der Waals surface area (Å²) in [7, 11) is 0. The second kappa shape index (κ2) is 4.05. The highest BCUT2D eigenvalue weighted by Gasteiger charge is 1.99. The minimum atomic E-state index is 0.836. The summed E-state index contributed by atoms with van der Waals surface area (Å²) in [5.41, 5.74) is 3.24. The van der Waals surface area contributed by atoms with Gasteiger partial charge >= 0.3 is 0 Å². The highest BCUT2D eigenvalue weighted by Crippen LogP contribution is 2.11. The van der Waals surface area contributed by atoms with Crippen molar-refractivity contribution in [1.82, 2.24) is 0 Å². The number of aldehydes is 1. The molecule has 0 N–H and O–H groups in total. The fourth-order valence-electron chi connectivity index (χ4n) is 1.34. The Hall–Kier alpha value is -1.11. The Kier molecular flexibility index (Phi) is 3.03. The van der Waals surface area contributed by atoms with E-state index in [1.165, 1.54) is 11.1 Å². The lowest BCUT2D eigenvalue weighted by Crippen LogP contribution is -1.92. The molecule has 1 aromatic rings. The highest BCUT2D eigenvalue weighted by molar-refractivity contribution is 5.77. The van der Waals surface area contributed by atoms with Crippen molar-refractivity contribution in [2.45, 2.75) is 26.7 Å². The molecule has 0 aliphatic carbocycles. The minimum Gasteiger partial charge on any atom is -0.298 e. The molecule has 12 heavy (non-hydrogen) atoms. The molecule has 0 aromatic heterocycles. The van der Waals surface area contributed by atoms with Gasteiger partial charge in [0.05, 0.1) is 0 Å². The molecule has 0 heterocycles. The lowest BCUT2D eigenvalue weighted by molar-refractivity contribution is 0.112. The SMILES string of the molecule is CCCc1cc(C)ccc1C=O. The fourth-order valence-corrected chi connectivity index (χ4v) is 1.34. The van der Waals surface area contributed by atoms with E-state index >= 15 is 0 Å². The Morgan fingerprint density at radius 1 is 1.42 bits per heavy atom. The molecule has 1 heteroatoms. The fraction of sp³-hybridized carbons (Fsp3) is 0.364. The summed E-state index contributed by atoms with van der Waals surface area (Å²) in [5, 5.41) is 0. The average Bonchev–Trinajstić information content (AvgIpc) is 2.05. The average molecular weight is 162 g/mol. The van der Waals surface area contributed by atoms with Gasteiger partial charge in [-0.15, -0.1) is 0 Å². The summed E-state index contributed by atoms with van der Waals surface area (Å²) in [5.74, 6) is 0. The Labute approximate surface area is 73.4 Å². The third-order valence-electron chi connectivity index (χ3n) is 1.94. The van der Waals surface area contributed by atoms with Crippen LogP contribution in [0.1, 0.15) is 34.8 Å². The summed E-state index contributed by atoms with van der Waals surface area (Å²) in [6.45, 7) is 4.17. The molecule has 0 amide bonds. The summed E-state index contributed by atoms with van der Waals surface area (Å²) in [4.78, 5) is 10.6. The van der Waals surface area contributed by atoms with Gasteiger partial charge in [-0.05, 0) is 18.9 Å². The normalized spacial score (nSPS) is 9.83. The molecule has 0 aliphatic rings. The minimum absolute atomic E-state index is 0.836. The van der Waals surface area contributed by atoms with Gasteiger partial charge in [0.2, 0.25) is 0 Å². The first-order valence-corrected chi connectivity index (χ1v) is 4.32. The van der Waals surface area contributed by atoms with E-state index in [1.54, 1.807) is 0 Å². The Morgan fingerprint density at radius 2 is 2.17 bits per heavy atom. The van der Waals surface area contributed by atoms with Crippen LogP contribution in [-0.2, 0) is 6.42 Å². The second-order valence-electron chi connectivity index (χ2n) is 3.07. The van der Waals surface area contributed by atoms with Gasteiger partial charge in [0.15, 0.2) is 0 Å². The van der Waals surface area contributed by atoms with Crippen LogP contribution in [0.5, 0.6) is 0 Å². The predicted molar refractivity (Wildman–Crippen MR) is 50.6 cm³/mol. The van der Waals surface area contributed by atoms with Gasteiger partial charge < -0.3 is 0 Å². The zero-order valence-corrected chi connectivity index (χ0v) is 7.63. The monoisotopic (exact) mass is 162 g/mol. The van der Waals surface area contributed by atoms with Crippen molar-refractivity contribution >= 4 is 6.29 Å². The van der Waals surface area contributed by atoms with Gasteiger partial charge in [0.25, 0.3) is 0 Å². The van der Waals surface area contributed by atoms with E-state index in [0.717, 1.165) is 24.7 Å². The van der Waals surface area contributed by atoms with Crippen LogP contribution < -0.4 is 0 Å². The zero-order chi connectivity index (χ0) is 8.97. The maximum Gasteiger partial charge on any atom is 0.150 e. The van der Waals surface area contributed by atoms with Crippen LogP contribution in [0.15, 0.2) is 18.2 Å². The maximum atomic E-state index is 10.6. The standard InChI is InChI=1S/C11H14O/c1-3-4-10-7-9(2)5-6-11(10)8-12/h5-8H,3-4H2,1-2H3. The van der Waals surface area contributed by atoms with Crippen LogP contribution in [0.3, 0.4) is 0 Å². The van der Waals surface area contributed by atoms with Crippen LogP contribution in [0.2, 0.25) is 0 Å². The van der Waals surface area contributed by atoms with Crippen molar-refractivity contribution in [2.75, 3.05) is 0 Å². The van der Waals surface area contributed by atoms with Crippen molar-refractivity contribution < 1.29 is 4.79 Å². The van der Waals surface area contributed by atoms with Gasteiger partial charge in [-0.25, -0.2) is 0 Å². The molecule has 0 fully saturated rings. The number of carbonyl (C=O) groups is 1. The lowest BCUT2D eigenvalue weighted by atomic mass is 10.0. The Bertz CT molecular complexity index is 276. The summed E-state index contributed by atoms with van der Waals surface area (Å²) in [6.07, 6.45) is 3.02. The molecular formula is C11H14O. The van der Waals surface area contributed by atoms with E-state index in [4.69, 9.17) is 0 Å². The van der Waals surface area contributed by atoms with Crippen LogP contribution in [0.4, 0.5) is 0 Å². The van der Waals surface area contributed by atoms with Gasteiger partial charge in [0.1, 0.15) is 6.29 Å². The topological polar surface area (TPSA) is 17.1 Å². The molecular weight excluding hydrogens is 148 g/mol. The molecule has 64 valence electrons. The molecule has 0 saturated carbocycles. The van der Waals surface area contributed by atoms with Gasteiger partial charge in [0, 0.05) is 5.56 Å². The smallest absolute Gasteiger partial charge is 0.150 e. The van der Waals surface area contributed by atoms with Crippen molar-refractivity contribution in [3.05, 3.63) is 34.9 Å². The third-order valence-corrected chi connectivity index (χ3v) is 1.94. The van der Waals surface area contributed by atoms with Crippen molar-refractivity contribution in [3.63, 3.8) is 0 Å². The first-order valence-electron chi connectivity index (χ1n) is 4.32. The van der Waals surface area contributed by atoms with Crippen molar-refractivity contribution in [1.29, 1.82) is 0 Å². The second-order valence-corrected chi connectivity index (χ2v) is 3.07. The molecule has 1 rings (SSSR count). The summed E-state index contributed by atoms with van der Waals surface area (Å²) >= 11 is 0. The molecule has 0 unspecified atom stereocenters. The van der Waals surface area contributed by atoms with E-state index in [1.807, 2.05) is 19.1 Å². The Balaban J connectivity index is 3.03. The summed E-state index contributed by atoms with van der Waals surface area (Å²) < 4.78 is 0. The molecule has 0 bridgehead atoms. The number of aryl methyl sites for hydroxylation is 2.